The van der Waals surface area contributed by atoms with E-state index in [4.69, 9.17) is 11.6 Å². The topological polar surface area (TPSA) is 30.7 Å². The summed E-state index contributed by atoms with van der Waals surface area (Å²) in [6.07, 6.45) is -3.61. The summed E-state index contributed by atoms with van der Waals surface area (Å²) in [4.78, 5) is 3.81. The molecule has 0 atom stereocenters. The van der Waals surface area contributed by atoms with Crippen LogP contribution in [0.5, 0.6) is 0 Å². The maximum Gasteiger partial charge on any atom is 0.453 e. The van der Waals surface area contributed by atoms with Crippen molar-refractivity contribution < 1.29 is 13.2 Å². The van der Waals surface area contributed by atoms with Crippen LogP contribution in [0.25, 0.3) is 5.69 Å². The highest BCUT2D eigenvalue weighted by Gasteiger charge is 2.36. The van der Waals surface area contributed by atoms with E-state index in [1.54, 1.807) is 13.0 Å². The highest BCUT2D eigenvalue weighted by Crippen LogP contribution is 2.29. The molecule has 0 radical (unpaired) electrons. The summed E-state index contributed by atoms with van der Waals surface area (Å²) in [7, 11) is 0. The Hall–Kier alpha value is -1.21. The summed E-state index contributed by atoms with van der Waals surface area (Å²) >= 11 is 10.1. The van der Waals surface area contributed by atoms with Gasteiger partial charge in [-0.3, -0.25) is 0 Å². The monoisotopic (exact) mass is 293 g/mol. The van der Waals surface area contributed by atoms with E-state index in [9.17, 15) is 13.2 Å². The van der Waals surface area contributed by atoms with Gasteiger partial charge in [-0.2, -0.15) is 13.2 Å². The number of hydrogen-bond acceptors (Lipinski definition) is 3. The molecule has 96 valence electrons. The Morgan fingerprint density at radius 1 is 1.33 bits per heavy atom. The highest BCUT2D eigenvalue weighted by atomic mass is 35.5. The van der Waals surface area contributed by atoms with Crippen molar-refractivity contribution in [1.82, 2.24) is 14.8 Å². The van der Waals surface area contributed by atoms with Gasteiger partial charge in [0.05, 0.1) is 10.7 Å². The van der Waals surface area contributed by atoms with Crippen LogP contribution >= 0.6 is 24.2 Å². The van der Waals surface area contributed by atoms with Crippen molar-refractivity contribution in [3.05, 3.63) is 34.9 Å². The van der Waals surface area contributed by atoms with Crippen molar-refractivity contribution in [2.75, 3.05) is 0 Å². The minimum atomic E-state index is -4.58. The van der Waals surface area contributed by atoms with Crippen molar-refractivity contribution in [2.24, 2.45) is 0 Å². The van der Waals surface area contributed by atoms with Gasteiger partial charge in [0, 0.05) is 4.90 Å². The lowest BCUT2D eigenvalue weighted by molar-refractivity contribution is -0.144. The van der Waals surface area contributed by atoms with Gasteiger partial charge in [-0.25, -0.2) is 9.67 Å². The fourth-order valence-corrected chi connectivity index (χ4v) is 1.83. The number of hydrogen-bond donors (Lipinski definition) is 1. The second-order valence-electron chi connectivity index (χ2n) is 3.60. The molecule has 0 aliphatic rings. The van der Waals surface area contributed by atoms with E-state index in [-0.39, 0.29) is 5.02 Å². The summed E-state index contributed by atoms with van der Waals surface area (Å²) in [6, 6.07) is 3.14. The highest BCUT2D eigenvalue weighted by molar-refractivity contribution is 7.80. The average molecular weight is 294 g/mol. The zero-order chi connectivity index (χ0) is 13.5. The molecule has 3 nitrogen and oxygen atoms in total. The predicted molar refractivity (Wildman–Crippen MR) is 63.4 cm³/mol. The summed E-state index contributed by atoms with van der Waals surface area (Å²) < 4.78 is 38.1. The van der Waals surface area contributed by atoms with Crippen molar-refractivity contribution in [3.63, 3.8) is 0 Å². The molecule has 0 N–H and O–H groups in total. The first-order chi connectivity index (χ1) is 8.29. The molecule has 0 aliphatic heterocycles. The lowest BCUT2D eigenvalue weighted by Gasteiger charge is -2.07. The van der Waals surface area contributed by atoms with Crippen molar-refractivity contribution in [3.8, 4) is 5.69 Å². The number of benzene rings is 1. The maximum atomic E-state index is 12.4. The molecule has 2 rings (SSSR count). The van der Waals surface area contributed by atoms with Crippen LogP contribution in [-0.2, 0) is 6.18 Å². The molecule has 0 amide bonds. The van der Waals surface area contributed by atoms with Crippen LogP contribution in [0.2, 0.25) is 5.02 Å². The van der Waals surface area contributed by atoms with Gasteiger partial charge >= 0.3 is 6.18 Å². The minimum Gasteiger partial charge on any atom is -0.219 e. The Balaban J connectivity index is 2.50. The van der Waals surface area contributed by atoms with E-state index in [0.29, 0.717) is 10.6 Å². The first-order valence-electron chi connectivity index (χ1n) is 4.77. The first kappa shape index (κ1) is 13.2. The van der Waals surface area contributed by atoms with Crippen LogP contribution < -0.4 is 0 Å². The van der Waals surface area contributed by atoms with Gasteiger partial charge < -0.3 is 0 Å². The fraction of sp³-hybridized carbons (Fsp3) is 0.200. The van der Waals surface area contributed by atoms with Gasteiger partial charge in [0.15, 0.2) is 0 Å². The second-order valence-corrected chi connectivity index (χ2v) is 4.49. The predicted octanol–water partition coefficient (Wildman–Crippen LogP) is 3.54. The number of aromatic nitrogens is 3. The molecule has 0 fully saturated rings. The van der Waals surface area contributed by atoms with E-state index >= 15 is 0 Å². The van der Waals surface area contributed by atoms with Gasteiger partial charge in [0.1, 0.15) is 6.33 Å². The third-order valence-corrected chi connectivity index (χ3v) is 3.04. The van der Waals surface area contributed by atoms with Crippen LogP contribution in [0, 0.1) is 6.92 Å². The van der Waals surface area contributed by atoms with E-state index < -0.39 is 12.0 Å². The molecule has 1 aromatic carbocycles. The van der Waals surface area contributed by atoms with E-state index in [1.165, 1.54) is 6.07 Å². The van der Waals surface area contributed by atoms with E-state index in [0.717, 1.165) is 16.6 Å². The lowest BCUT2D eigenvalue weighted by Crippen LogP contribution is -2.08. The number of alkyl halides is 3. The van der Waals surface area contributed by atoms with Crippen LogP contribution in [0.15, 0.2) is 23.4 Å². The van der Waals surface area contributed by atoms with Gasteiger partial charge in [-0.05, 0) is 24.6 Å². The smallest absolute Gasteiger partial charge is 0.219 e. The van der Waals surface area contributed by atoms with Crippen LogP contribution in [0.1, 0.15) is 11.4 Å². The zero-order valence-corrected chi connectivity index (χ0v) is 10.7. The number of rotatable bonds is 1. The Morgan fingerprint density at radius 3 is 2.56 bits per heavy atom. The summed E-state index contributed by atoms with van der Waals surface area (Å²) in [5, 5.41) is 3.63. The molecule has 1 aromatic heterocycles. The number of nitrogens with zero attached hydrogens (tertiary/aromatic N) is 3. The standard InChI is InChI=1S/C10H7ClF3N3S/c1-5-2-6(11)7(3-8(5)18)17-4-15-9(16-17)10(12,13)14/h2-4,18H,1H3. The Kier molecular flexibility index (Phi) is 3.29. The molecule has 18 heavy (non-hydrogen) atoms. The summed E-state index contributed by atoms with van der Waals surface area (Å²) in [5.41, 5.74) is 1.12. The summed E-state index contributed by atoms with van der Waals surface area (Å²) in [6.45, 7) is 1.79. The molecule has 0 saturated carbocycles. The van der Waals surface area contributed by atoms with Crippen molar-refractivity contribution >= 4 is 24.2 Å². The maximum absolute atomic E-state index is 12.4. The third-order valence-electron chi connectivity index (χ3n) is 2.26. The molecular weight excluding hydrogens is 287 g/mol. The fourth-order valence-electron chi connectivity index (χ4n) is 1.33. The molecule has 0 bridgehead atoms. The Labute approximate surface area is 111 Å². The van der Waals surface area contributed by atoms with Gasteiger partial charge in [0.25, 0.3) is 5.82 Å². The minimum absolute atomic E-state index is 0.281. The molecule has 8 heteroatoms. The number of aryl methyl sites for hydroxylation is 1. The molecule has 1 heterocycles. The molecule has 2 aromatic rings. The first-order valence-corrected chi connectivity index (χ1v) is 5.60. The Morgan fingerprint density at radius 2 is 2.00 bits per heavy atom. The molecule has 0 unspecified atom stereocenters. The van der Waals surface area contributed by atoms with Crippen molar-refractivity contribution in [2.45, 2.75) is 18.0 Å². The summed E-state index contributed by atoms with van der Waals surface area (Å²) in [5.74, 6) is -1.21. The lowest BCUT2D eigenvalue weighted by atomic mass is 10.2. The largest absolute Gasteiger partial charge is 0.453 e. The molecule has 0 saturated heterocycles. The SMILES string of the molecule is Cc1cc(Cl)c(-n2cnc(C(F)(F)F)n2)cc1S. The van der Waals surface area contributed by atoms with Gasteiger partial charge in [-0.15, -0.1) is 17.7 Å². The van der Waals surface area contributed by atoms with Crippen LogP contribution in [0.4, 0.5) is 13.2 Å². The van der Waals surface area contributed by atoms with E-state index in [1.807, 2.05) is 0 Å². The normalized spacial score (nSPS) is 11.9. The molecule has 0 spiro atoms. The van der Waals surface area contributed by atoms with Crippen LogP contribution in [0.3, 0.4) is 0 Å². The average Bonchev–Trinajstić information content (AvgIpc) is 2.72. The number of halogens is 4. The Bertz CT molecular complexity index is 595. The molecular formula is C10H7ClF3N3S. The van der Waals surface area contributed by atoms with E-state index in [2.05, 4.69) is 22.7 Å². The quantitative estimate of drug-likeness (QED) is 0.815. The zero-order valence-electron chi connectivity index (χ0n) is 9.03. The van der Waals surface area contributed by atoms with Crippen molar-refractivity contribution in [1.29, 1.82) is 0 Å². The molecule has 0 aliphatic carbocycles. The third kappa shape index (κ3) is 2.46. The second kappa shape index (κ2) is 4.47. The van der Waals surface area contributed by atoms with Crippen LogP contribution in [-0.4, -0.2) is 14.8 Å². The number of thiol groups is 1. The van der Waals surface area contributed by atoms with Gasteiger partial charge in [-0.1, -0.05) is 11.6 Å². The van der Waals surface area contributed by atoms with Gasteiger partial charge in [0.2, 0.25) is 0 Å².